The van der Waals surface area contributed by atoms with E-state index in [2.05, 4.69) is 44.3 Å². The second-order valence-corrected chi connectivity index (χ2v) is 8.84. The molecule has 3 aliphatic rings. The van der Waals surface area contributed by atoms with E-state index < -0.39 is 6.10 Å². The fourth-order valence-corrected chi connectivity index (χ4v) is 5.46. The summed E-state index contributed by atoms with van der Waals surface area (Å²) in [6.45, 7) is 7.06. The first-order valence-electron chi connectivity index (χ1n) is 10.3. The molecule has 0 radical (unpaired) electrons. The smallest absolute Gasteiger partial charge is 0.311 e. The monoisotopic (exact) mass is 369 g/mol. The van der Waals surface area contributed by atoms with Crippen LogP contribution in [0.2, 0.25) is 0 Å². The number of carbonyl (C=O) groups is 1. The van der Waals surface area contributed by atoms with Gasteiger partial charge in [0.15, 0.2) is 0 Å². The van der Waals surface area contributed by atoms with Crippen LogP contribution in [-0.4, -0.2) is 29.8 Å². The van der Waals surface area contributed by atoms with Gasteiger partial charge < -0.3 is 15.2 Å². The Labute approximate surface area is 162 Å². The Morgan fingerprint density at radius 1 is 1.33 bits per heavy atom. The predicted molar refractivity (Wildman–Crippen MR) is 105 cm³/mol. The molecule has 4 rings (SSSR count). The van der Waals surface area contributed by atoms with Gasteiger partial charge in [0.25, 0.3) is 0 Å². The van der Waals surface area contributed by atoms with Gasteiger partial charge in [0.05, 0.1) is 12.0 Å². The molecule has 27 heavy (non-hydrogen) atoms. The molecule has 7 atom stereocenters. The van der Waals surface area contributed by atoms with E-state index >= 15 is 0 Å². The molecule has 1 heterocycles. The minimum atomic E-state index is -0.539. The van der Waals surface area contributed by atoms with Crippen LogP contribution < -0.4 is 5.32 Å². The van der Waals surface area contributed by atoms with Crippen molar-refractivity contribution in [1.82, 2.24) is 5.32 Å². The number of fused-ring (bicyclic) bond motifs is 2. The normalized spacial score (nSPS) is 39.2. The third-order valence-electron chi connectivity index (χ3n) is 7.51. The number of ether oxygens (including phenoxy) is 1. The Morgan fingerprint density at radius 3 is 2.81 bits per heavy atom. The van der Waals surface area contributed by atoms with Crippen molar-refractivity contribution in [1.29, 1.82) is 0 Å². The maximum absolute atomic E-state index is 12.6. The van der Waals surface area contributed by atoms with Gasteiger partial charge in [-0.2, -0.15) is 0 Å². The number of hydrogen-bond acceptors (Lipinski definition) is 4. The van der Waals surface area contributed by atoms with Crippen LogP contribution in [0.15, 0.2) is 42.0 Å². The molecule has 4 heteroatoms. The first-order chi connectivity index (χ1) is 12.9. The third-order valence-corrected chi connectivity index (χ3v) is 7.51. The van der Waals surface area contributed by atoms with Gasteiger partial charge in [-0.3, -0.25) is 4.79 Å². The summed E-state index contributed by atoms with van der Waals surface area (Å²) in [7, 11) is 0. The van der Waals surface area contributed by atoms with Crippen molar-refractivity contribution in [2.45, 2.75) is 58.3 Å². The van der Waals surface area contributed by atoms with Crippen molar-refractivity contribution >= 4 is 5.97 Å². The quantitative estimate of drug-likeness (QED) is 0.629. The second-order valence-electron chi connectivity index (χ2n) is 8.84. The largest absolute Gasteiger partial charge is 0.461 e. The molecule has 0 spiro atoms. The lowest BCUT2D eigenvalue weighted by atomic mass is 9.55. The minimum Gasteiger partial charge on any atom is -0.461 e. The summed E-state index contributed by atoms with van der Waals surface area (Å²) >= 11 is 0. The summed E-state index contributed by atoms with van der Waals surface area (Å²) in [5, 5.41) is 14.9. The molecule has 0 bridgehead atoms. The summed E-state index contributed by atoms with van der Waals surface area (Å²) in [5.41, 5.74) is 2.24. The van der Waals surface area contributed by atoms with Crippen molar-refractivity contribution in [3.63, 3.8) is 0 Å². The zero-order valence-electron chi connectivity index (χ0n) is 16.5. The standard InChI is InChI=1S/C23H31NO3/c1-14-8-7-11-17-12-19-20(21(25)23(14,17)3)18(22(26)27-19)13-24-15(2)16-9-5-4-6-10-16/h4-6,9-11,14-15,18-21,24-25H,7-8,12-13H2,1-3H3/t14-,15-,18+,19+,20-,21-,23+/m0/s1. The maximum Gasteiger partial charge on any atom is 0.311 e. The van der Waals surface area contributed by atoms with Crippen LogP contribution in [0, 0.1) is 23.2 Å². The lowest BCUT2D eigenvalue weighted by Gasteiger charge is -2.51. The highest BCUT2D eigenvalue weighted by Crippen LogP contribution is 2.55. The van der Waals surface area contributed by atoms with Crippen LogP contribution in [0.1, 0.15) is 51.6 Å². The first-order valence-corrected chi connectivity index (χ1v) is 10.3. The molecule has 4 nitrogen and oxygen atoms in total. The molecule has 2 fully saturated rings. The molecule has 1 aromatic carbocycles. The number of aliphatic hydroxyl groups excluding tert-OH is 1. The van der Waals surface area contributed by atoms with Gasteiger partial charge in [-0.1, -0.05) is 55.8 Å². The van der Waals surface area contributed by atoms with E-state index in [1.807, 2.05) is 18.2 Å². The van der Waals surface area contributed by atoms with Crippen LogP contribution in [0.25, 0.3) is 0 Å². The molecule has 1 saturated carbocycles. The lowest BCUT2D eigenvalue weighted by molar-refractivity contribution is -0.144. The van der Waals surface area contributed by atoms with Crippen LogP contribution in [0.3, 0.4) is 0 Å². The van der Waals surface area contributed by atoms with Crippen molar-refractivity contribution in [2.75, 3.05) is 6.54 Å². The molecule has 2 N–H and O–H groups in total. The fourth-order valence-electron chi connectivity index (χ4n) is 5.46. The van der Waals surface area contributed by atoms with E-state index in [1.165, 1.54) is 11.1 Å². The van der Waals surface area contributed by atoms with Crippen molar-refractivity contribution in [2.24, 2.45) is 23.2 Å². The molecular weight excluding hydrogens is 338 g/mol. The van der Waals surface area contributed by atoms with Gasteiger partial charge in [0, 0.05) is 30.3 Å². The number of aliphatic hydroxyl groups is 1. The lowest BCUT2D eigenvalue weighted by Crippen LogP contribution is -2.54. The van der Waals surface area contributed by atoms with Gasteiger partial charge in [-0.25, -0.2) is 0 Å². The molecule has 0 amide bonds. The minimum absolute atomic E-state index is 0.129. The number of nitrogens with one attached hydrogen (secondary N) is 1. The topological polar surface area (TPSA) is 58.6 Å². The Hall–Kier alpha value is -1.65. The van der Waals surface area contributed by atoms with E-state index in [9.17, 15) is 9.90 Å². The van der Waals surface area contributed by atoms with E-state index in [1.54, 1.807) is 0 Å². The van der Waals surface area contributed by atoms with Gasteiger partial charge in [-0.15, -0.1) is 0 Å². The number of rotatable bonds is 4. The highest BCUT2D eigenvalue weighted by molar-refractivity contribution is 5.76. The molecule has 1 saturated heterocycles. The zero-order chi connectivity index (χ0) is 19.2. The predicted octanol–water partition coefficient (Wildman–Crippen LogP) is 3.62. The Morgan fingerprint density at radius 2 is 2.07 bits per heavy atom. The molecule has 0 unspecified atom stereocenters. The maximum atomic E-state index is 12.6. The van der Waals surface area contributed by atoms with Crippen LogP contribution >= 0.6 is 0 Å². The van der Waals surface area contributed by atoms with E-state index in [0.717, 1.165) is 19.3 Å². The average Bonchev–Trinajstić information content (AvgIpc) is 2.98. The number of hydrogen-bond donors (Lipinski definition) is 2. The molecule has 146 valence electrons. The molecule has 2 aliphatic carbocycles. The van der Waals surface area contributed by atoms with E-state index in [0.29, 0.717) is 12.5 Å². The highest BCUT2D eigenvalue weighted by atomic mass is 16.6. The van der Waals surface area contributed by atoms with Crippen LogP contribution in [-0.2, 0) is 9.53 Å². The average molecular weight is 370 g/mol. The molecular formula is C23H31NO3. The van der Waals surface area contributed by atoms with Gasteiger partial charge in [0.1, 0.15) is 6.10 Å². The number of carbonyl (C=O) groups excluding carboxylic acids is 1. The molecule has 0 aromatic heterocycles. The van der Waals surface area contributed by atoms with Crippen molar-refractivity contribution < 1.29 is 14.6 Å². The summed E-state index contributed by atoms with van der Waals surface area (Å²) in [6.07, 6.45) is 4.48. The van der Waals surface area contributed by atoms with Crippen LogP contribution in [0.4, 0.5) is 0 Å². The highest BCUT2D eigenvalue weighted by Gasteiger charge is 2.59. The Balaban J connectivity index is 1.52. The van der Waals surface area contributed by atoms with Crippen molar-refractivity contribution in [3.05, 3.63) is 47.5 Å². The van der Waals surface area contributed by atoms with E-state index in [-0.39, 0.29) is 35.4 Å². The Bertz CT molecular complexity index is 730. The third kappa shape index (κ3) is 3.03. The van der Waals surface area contributed by atoms with Gasteiger partial charge in [0.2, 0.25) is 0 Å². The Kier molecular flexibility index (Phi) is 4.89. The van der Waals surface area contributed by atoms with Gasteiger partial charge in [-0.05, 0) is 31.2 Å². The SMILES string of the molecule is C[C@H](NC[C@H]1C(=O)O[C@@H]2CC3=CCC[C@H](C)[C@@]3(C)[C@@H](O)[C@H]21)c1ccccc1. The summed E-state index contributed by atoms with van der Waals surface area (Å²) in [5.74, 6) is -0.160. The molecule has 1 aliphatic heterocycles. The molecule has 1 aromatic rings. The van der Waals surface area contributed by atoms with Crippen LogP contribution in [0.5, 0.6) is 0 Å². The fraction of sp³-hybridized carbons (Fsp3) is 0.609. The van der Waals surface area contributed by atoms with E-state index in [4.69, 9.17) is 4.74 Å². The number of allylic oxidation sites excluding steroid dienone is 1. The summed E-state index contributed by atoms with van der Waals surface area (Å²) in [4.78, 5) is 12.6. The second kappa shape index (κ2) is 7.06. The van der Waals surface area contributed by atoms with Gasteiger partial charge >= 0.3 is 5.97 Å². The van der Waals surface area contributed by atoms with Crippen molar-refractivity contribution in [3.8, 4) is 0 Å². The number of benzene rings is 1. The first kappa shape index (κ1) is 18.7. The number of esters is 1. The summed E-state index contributed by atoms with van der Waals surface area (Å²) in [6, 6.07) is 10.4. The zero-order valence-corrected chi connectivity index (χ0v) is 16.5. The summed E-state index contributed by atoms with van der Waals surface area (Å²) < 4.78 is 5.74.